The van der Waals surface area contributed by atoms with Crippen LogP contribution in [-0.2, 0) is 22.4 Å². The van der Waals surface area contributed by atoms with Crippen LogP contribution in [0.15, 0.2) is 18.2 Å². The van der Waals surface area contributed by atoms with Crippen LogP contribution in [0.3, 0.4) is 0 Å². The molecule has 5 nitrogen and oxygen atoms in total. The highest BCUT2D eigenvalue weighted by atomic mass is 35.5. The van der Waals surface area contributed by atoms with Crippen LogP contribution in [0.1, 0.15) is 17.5 Å². The highest BCUT2D eigenvalue weighted by Crippen LogP contribution is 2.29. The molecule has 0 bridgehead atoms. The number of rotatable bonds is 7. The summed E-state index contributed by atoms with van der Waals surface area (Å²) in [6.07, 6.45) is 2.23. The summed E-state index contributed by atoms with van der Waals surface area (Å²) in [6, 6.07) is 6.57. The first-order chi connectivity index (χ1) is 11.3. The average Bonchev–Trinajstić information content (AvgIpc) is 3.05. The quantitative estimate of drug-likeness (QED) is 0.731. The van der Waals surface area contributed by atoms with Gasteiger partial charge in [-0.3, -0.25) is 4.90 Å². The Kier molecular flexibility index (Phi) is 7.78. The van der Waals surface area contributed by atoms with Gasteiger partial charge in [0, 0.05) is 45.6 Å². The lowest BCUT2D eigenvalue weighted by Gasteiger charge is -2.37. The number of nitrogens with zero attached hydrogens (tertiary/aromatic N) is 1. The Balaban J connectivity index is 0.00000208. The molecule has 1 aromatic rings. The fourth-order valence-electron chi connectivity index (χ4n) is 3.71. The third-order valence-corrected chi connectivity index (χ3v) is 4.80. The lowest BCUT2D eigenvalue weighted by molar-refractivity contribution is -0.0453. The number of benzene rings is 1. The number of hydrogen-bond acceptors (Lipinski definition) is 5. The van der Waals surface area contributed by atoms with E-state index in [0.29, 0.717) is 19.1 Å². The van der Waals surface area contributed by atoms with Gasteiger partial charge < -0.3 is 19.9 Å². The summed E-state index contributed by atoms with van der Waals surface area (Å²) < 4.78 is 11.0. The van der Waals surface area contributed by atoms with Gasteiger partial charge in [0.2, 0.25) is 0 Å². The Morgan fingerprint density at radius 3 is 2.96 bits per heavy atom. The number of fused-ring (bicyclic) bond motifs is 1. The van der Waals surface area contributed by atoms with Gasteiger partial charge in [-0.1, -0.05) is 18.2 Å². The van der Waals surface area contributed by atoms with E-state index in [1.165, 1.54) is 16.8 Å². The summed E-state index contributed by atoms with van der Waals surface area (Å²) in [7, 11) is 1.69. The highest BCUT2D eigenvalue weighted by Gasteiger charge is 2.28. The average molecular weight is 357 g/mol. The number of piperidine rings is 1. The van der Waals surface area contributed by atoms with Crippen LogP contribution in [0, 0.1) is 5.92 Å². The molecule has 24 heavy (non-hydrogen) atoms. The molecule has 2 unspecified atom stereocenters. The maximum Gasteiger partial charge on any atom is 0.0707 e. The number of methoxy groups -OCH3 is 1. The second-order valence-electron chi connectivity index (χ2n) is 6.59. The van der Waals surface area contributed by atoms with Crippen molar-refractivity contribution in [2.24, 2.45) is 5.92 Å². The number of anilines is 1. The summed E-state index contributed by atoms with van der Waals surface area (Å²) in [5, 5.41) is 13.1. The molecule has 0 radical (unpaired) electrons. The van der Waals surface area contributed by atoms with E-state index in [1.807, 2.05) is 0 Å². The smallest absolute Gasteiger partial charge is 0.0707 e. The van der Waals surface area contributed by atoms with E-state index in [1.54, 1.807) is 7.11 Å². The second kappa shape index (κ2) is 9.59. The molecular formula is C18H29ClN2O3. The van der Waals surface area contributed by atoms with Gasteiger partial charge in [0.05, 0.1) is 19.3 Å². The predicted octanol–water partition coefficient (Wildman–Crippen LogP) is 1.92. The molecule has 6 heteroatoms. The molecule has 0 aromatic heterocycles. The first kappa shape index (κ1) is 19.5. The normalized spacial score (nSPS) is 23.4. The zero-order valence-electron chi connectivity index (χ0n) is 14.4. The van der Waals surface area contributed by atoms with E-state index in [2.05, 4.69) is 28.4 Å². The van der Waals surface area contributed by atoms with Crippen molar-refractivity contribution < 1.29 is 14.6 Å². The molecule has 2 heterocycles. The summed E-state index contributed by atoms with van der Waals surface area (Å²) in [5.41, 5.74) is 4.09. The van der Waals surface area contributed by atoms with Gasteiger partial charge in [0.1, 0.15) is 0 Å². The van der Waals surface area contributed by atoms with Crippen LogP contribution in [0.2, 0.25) is 0 Å². The second-order valence-corrected chi connectivity index (χ2v) is 6.59. The van der Waals surface area contributed by atoms with Crippen molar-refractivity contribution in [2.75, 3.05) is 51.9 Å². The van der Waals surface area contributed by atoms with E-state index >= 15 is 0 Å². The number of aliphatic hydroxyl groups excluding tert-OH is 1. The zero-order valence-corrected chi connectivity index (χ0v) is 15.2. The van der Waals surface area contributed by atoms with Crippen LogP contribution in [-0.4, -0.2) is 62.7 Å². The SMILES string of the molecule is COCCOC1CC(CO)CN(Cc2cccc3c2NCC3)C1.Cl. The molecule has 2 atom stereocenters. The van der Waals surface area contributed by atoms with Crippen molar-refractivity contribution >= 4 is 18.1 Å². The molecule has 0 saturated carbocycles. The van der Waals surface area contributed by atoms with E-state index in [4.69, 9.17) is 9.47 Å². The topological polar surface area (TPSA) is 54.0 Å². The van der Waals surface area contributed by atoms with Crippen molar-refractivity contribution in [1.29, 1.82) is 0 Å². The minimum absolute atomic E-state index is 0. The van der Waals surface area contributed by atoms with Crippen molar-refractivity contribution in [3.05, 3.63) is 29.3 Å². The van der Waals surface area contributed by atoms with Gasteiger partial charge >= 0.3 is 0 Å². The van der Waals surface area contributed by atoms with Crippen LogP contribution >= 0.6 is 12.4 Å². The van der Waals surface area contributed by atoms with Crippen LogP contribution < -0.4 is 5.32 Å². The number of ether oxygens (including phenoxy) is 2. The van der Waals surface area contributed by atoms with Gasteiger partial charge in [0.25, 0.3) is 0 Å². The lowest BCUT2D eigenvalue weighted by Crippen LogP contribution is -2.45. The number of likely N-dealkylation sites (tertiary alicyclic amines) is 1. The molecule has 1 fully saturated rings. The number of para-hydroxylation sites is 1. The number of aliphatic hydroxyl groups is 1. The van der Waals surface area contributed by atoms with Gasteiger partial charge in [-0.25, -0.2) is 0 Å². The third-order valence-electron chi connectivity index (χ3n) is 4.80. The first-order valence-corrected chi connectivity index (χ1v) is 8.58. The Morgan fingerprint density at radius 1 is 1.29 bits per heavy atom. The Morgan fingerprint density at radius 2 is 2.17 bits per heavy atom. The van der Waals surface area contributed by atoms with Gasteiger partial charge in [-0.2, -0.15) is 0 Å². The standard InChI is InChI=1S/C18H28N2O3.ClH/c1-22-7-8-23-17-9-14(13-21)10-20(12-17)11-16-4-2-3-15-5-6-19-18(15)16;/h2-4,14,17,19,21H,5-13H2,1H3;1H. The third kappa shape index (κ3) is 4.83. The molecule has 2 aliphatic heterocycles. The first-order valence-electron chi connectivity index (χ1n) is 8.58. The summed E-state index contributed by atoms with van der Waals surface area (Å²) in [5.74, 6) is 0.293. The van der Waals surface area contributed by atoms with Crippen molar-refractivity contribution in [2.45, 2.75) is 25.5 Å². The van der Waals surface area contributed by atoms with Crippen molar-refractivity contribution in [3.63, 3.8) is 0 Å². The van der Waals surface area contributed by atoms with E-state index in [-0.39, 0.29) is 25.1 Å². The molecule has 0 aliphatic carbocycles. The summed E-state index contributed by atoms with van der Waals surface area (Å²) >= 11 is 0. The van der Waals surface area contributed by atoms with Crippen molar-refractivity contribution in [3.8, 4) is 0 Å². The maximum atomic E-state index is 9.60. The Hall–Kier alpha value is -0.850. The number of hydrogen-bond donors (Lipinski definition) is 2. The number of nitrogens with one attached hydrogen (secondary N) is 1. The molecular weight excluding hydrogens is 328 g/mol. The molecule has 3 rings (SSSR count). The predicted molar refractivity (Wildman–Crippen MR) is 98.0 cm³/mol. The monoisotopic (exact) mass is 356 g/mol. The van der Waals surface area contributed by atoms with Gasteiger partial charge in [-0.15, -0.1) is 12.4 Å². The summed E-state index contributed by atoms with van der Waals surface area (Å²) in [4.78, 5) is 2.41. The fraction of sp³-hybridized carbons (Fsp3) is 0.667. The molecule has 0 spiro atoms. The van der Waals surface area contributed by atoms with Crippen LogP contribution in [0.5, 0.6) is 0 Å². The van der Waals surface area contributed by atoms with E-state index in [0.717, 1.165) is 39.0 Å². The van der Waals surface area contributed by atoms with Crippen molar-refractivity contribution in [1.82, 2.24) is 4.90 Å². The van der Waals surface area contributed by atoms with Crippen LogP contribution in [0.25, 0.3) is 0 Å². The lowest BCUT2D eigenvalue weighted by atomic mass is 9.95. The number of halogens is 1. The summed E-state index contributed by atoms with van der Waals surface area (Å²) in [6.45, 7) is 5.27. The minimum Gasteiger partial charge on any atom is -0.396 e. The fourth-order valence-corrected chi connectivity index (χ4v) is 3.71. The van der Waals surface area contributed by atoms with Crippen LogP contribution in [0.4, 0.5) is 5.69 Å². The molecule has 2 aliphatic rings. The highest BCUT2D eigenvalue weighted by molar-refractivity contribution is 5.85. The molecule has 1 aromatic carbocycles. The molecule has 0 amide bonds. The molecule has 1 saturated heterocycles. The van der Waals surface area contributed by atoms with Gasteiger partial charge in [0.15, 0.2) is 0 Å². The van der Waals surface area contributed by atoms with E-state index < -0.39 is 0 Å². The Labute approximate surface area is 150 Å². The Bertz CT molecular complexity index is 515. The molecule has 2 N–H and O–H groups in total. The molecule has 136 valence electrons. The zero-order chi connectivity index (χ0) is 16.1. The minimum atomic E-state index is 0. The largest absolute Gasteiger partial charge is 0.396 e. The maximum absolute atomic E-state index is 9.60. The van der Waals surface area contributed by atoms with Gasteiger partial charge in [-0.05, 0) is 29.9 Å². The van der Waals surface area contributed by atoms with E-state index in [9.17, 15) is 5.11 Å².